The topological polar surface area (TPSA) is 87.8 Å². The number of hydrogen-bond acceptors (Lipinski definition) is 9. The van der Waals surface area contributed by atoms with Crippen LogP contribution in [0.25, 0.3) is 21.7 Å². The van der Waals surface area contributed by atoms with Crippen molar-refractivity contribution in [2.75, 3.05) is 39.3 Å². The first-order valence-electron chi connectivity index (χ1n) is 11.2. The van der Waals surface area contributed by atoms with Crippen LogP contribution in [0, 0.1) is 12.7 Å². The third-order valence-corrected chi connectivity index (χ3v) is 6.70. The summed E-state index contributed by atoms with van der Waals surface area (Å²) in [7, 11) is 0. The molecule has 2 aromatic carbocycles. The first-order valence-corrected chi connectivity index (χ1v) is 12.0. The number of rotatable bonds is 8. The third-order valence-electron chi connectivity index (χ3n) is 5.77. The van der Waals surface area contributed by atoms with Gasteiger partial charge in [-0.1, -0.05) is 5.16 Å². The van der Waals surface area contributed by atoms with Crippen molar-refractivity contribution in [1.82, 2.24) is 24.9 Å². The van der Waals surface area contributed by atoms with Gasteiger partial charge in [0.25, 0.3) is 5.89 Å². The smallest absolute Gasteiger partial charge is 0.257 e. The molecule has 2 aromatic heterocycles. The fourth-order valence-electron chi connectivity index (χ4n) is 4.01. The van der Waals surface area contributed by atoms with E-state index in [4.69, 9.17) is 9.26 Å². The molecule has 34 heavy (non-hydrogen) atoms. The van der Waals surface area contributed by atoms with Crippen molar-refractivity contribution in [2.24, 2.45) is 0 Å². The second kappa shape index (κ2) is 10.1. The van der Waals surface area contributed by atoms with Gasteiger partial charge < -0.3 is 14.4 Å². The predicted molar refractivity (Wildman–Crippen MR) is 127 cm³/mol. The Morgan fingerprint density at radius 2 is 1.85 bits per heavy atom. The van der Waals surface area contributed by atoms with E-state index < -0.39 is 6.10 Å². The Balaban J connectivity index is 1.05. The largest absolute Gasteiger partial charge is 0.491 e. The molecule has 0 saturated carbocycles. The summed E-state index contributed by atoms with van der Waals surface area (Å²) in [5, 5.41) is 15.5. The molecule has 1 saturated heterocycles. The van der Waals surface area contributed by atoms with Crippen LogP contribution >= 0.6 is 11.3 Å². The van der Waals surface area contributed by atoms with E-state index in [2.05, 4.69) is 24.9 Å². The highest BCUT2D eigenvalue weighted by Crippen LogP contribution is 2.26. The summed E-state index contributed by atoms with van der Waals surface area (Å²) < 4.78 is 25.3. The lowest BCUT2D eigenvalue weighted by Gasteiger charge is -2.34. The molecule has 1 aliphatic rings. The number of thiazole rings is 1. The maximum atomic E-state index is 13.1. The first kappa shape index (κ1) is 22.9. The van der Waals surface area contributed by atoms with Crippen LogP contribution in [0.15, 0.2) is 47.0 Å². The van der Waals surface area contributed by atoms with E-state index in [0.29, 0.717) is 30.4 Å². The Morgan fingerprint density at radius 3 is 2.65 bits per heavy atom. The molecule has 178 valence electrons. The zero-order chi connectivity index (χ0) is 23.5. The Hall–Kier alpha value is -2.92. The summed E-state index contributed by atoms with van der Waals surface area (Å²) in [5.74, 6) is 1.45. The van der Waals surface area contributed by atoms with Crippen LogP contribution in [0.2, 0.25) is 0 Å². The summed E-state index contributed by atoms with van der Waals surface area (Å²) in [6.45, 7) is 6.75. The molecule has 0 unspecified atom stereocenters. The number of aromatic nitrogens is 3. The van der Waals surface area contributed by atoms with Gasteiger partial charge >= 0.3 is 0 Å². The van der Waals surface area contributed by atoms with E-state index in [-0.39, 0.29) is 12.4 Å². The van der Waals surface area contributed by atoms with Crippen LogP contribution in [0.3, 0.4) is 0 Å². The maximum absolute atomic E-state index is 13.1. The monoisotopic (exact) mass is 483 g/mol. The van der Waals surface area contributed by atoms with Crippen LogP contribution < -0.4 is 4.74 Å². The van der Waals surface area contributed by atoms with E-state index in [1.807, 2.05) is 25.1 Å². The number of aliphatic hydroxyl groups excluding tert-OH is 1. The average Bonchev–Trinajstić information content (AvgIpc) is 3.44. The number of aliphatic hydroxyl groups is 1. The molecule has 1 fully saturated rings. The molecule has 3 heterocycles. The van der Waals surface area contributed by atoms with Crippen molar-refractivity contribution < 1.29 is 18.8 Å². The van der Waals surface area contributed by atoms with Crippen molar-refractivity contribution in [3.05, 3.63) is 59.1 Å². The summed E-state index contributed by atoms with van der Waals surface area (Å²) in [6.07, 6.45) is -0.569. The second-order valence-corrected chi connectivity index (χ2v) is 9.66. The fraction of sp³-hybridized carbons (Fsp3) is 0.375. The maximum Gasteiger partial charge on any atom is 0.257 e. The molecule has 0 bridgehead atoms. The number of fused-ring (bicyclic) bond motifs is 1. The molecule has 10 heteroatoms. The number of benzene rings is 2. The third kappa shape index (κ3) is 5.58. The summed E-state index contributed by atoms with van der Waals surface area (Å²) in [6, 6.07) is 11.8. The van der Waals surface area contributed by atoms with E-state index in [9.17, 15) is 9.50 Å². The highest BCUT2D eigenvalue weighted by molar-refractivity contribution is 7.18. The van der Waals surface area contributed by atoms with Gasteiger partial charge in [0.05, 0.1) is 21.8 Å². The van der Waals surface area contributed by atoms with Gasteiger partial charge in [-0.05, 0) is 49.4 Å². The number of nitrogens with zero attached hydrogens (tertiary/aromatic N) is 5. The second-order valence-electron chi connectivity index (χ2n) is 8.43. The van der Waals surface area contributed by atoms with Gasteiger partial charge in [0.1, 0.15) is 24.3 Å². The quantitative estimate of drug-likeness (QED) is 0.408. The lowest BCUT2D eigenvalue weighted by Crippen LogP contribution is -2.48. The van der Waals surface area contributed by atoms with Crippen LogP contribution in [-0.2, 0) is 6.54 Å². The number of aryl methyl sites for hydroxylation is 1. The summed E-state index contributed by atoms with van der Waals surface area (Å²) in [5.41, 5.74) is 1.67. The Kier molecular flexibility index (Phi) is 6.82. The normalized spacial score (nSPS) is 16.2. The van der Waals surface area contributed by atoms with Crippen molar-refractivity contribution in [1.29, 1.82) is 0 Å². The van der Waals surface area contributed by atoms with Gasteiger partial charge in [-0.25, -0.2) is 9.37 Å². The minimum atomic E-state index is -0.569. The van der Waals surface area contributed by atoms with E-state index in [0.717, 1.165) is 47.2 Å². The van der Waals surface area contributed by atoms with Gasteiger partial charge in [0, 0.05) is 38.3 Å². The lowest BCUT2D eigenvalue weighted by molar-refractivity contribution is 0.0440. The Bertz CT molecular complexity index is 1240. The van der Waals surface area contributed by atoms with E-state index in [1.54, 1.807) is 23.5 Å². The molecule has 1 aliphatic heterocycles. The molecule has 0 amide bonds. The zero-order valence-corrected chi connectivity index (χ0v) is 19.7. The first-order chi connectivity index (χ1) is 16.5. The molecule has 8 nitrogen and oxygen atoms in total. The van der Waals surface area contributed by atoms with E-state index >= 15 is 0 Å². The minimum Gasteiger partial charge on any atom is -0.491 e. The Labute approximate surface area is 200 Å². The zero-order valence-electron chi connectivity index (χ0n) is 18.9. The van der Waals surface area contributed by atoms with Crippen molar-refractivity contribution >= 4 is 21.6 Å². The molecule has 1 N–H and O–H groups in total. The standard InChI is InChI=1S/C24H26FN5O3S/c1-16-26-21-7-6-20(12-22(21)34-16)32-15-19(31)13-29-8-10-30(11-9-29)14-23-27-24(33-28-23)17-2-4-18(25)5-3-17/h2-7,12,19,31H,8-11,13-15H2,1H3/t19-/m0/s1. The number of ether oxygens (including phenoxy) is 1. The molecule has 5 rings (SSSR count). The predicted octanol–water partition coefficient (Wildman–Crippen LogP) is 3.35. The van der Waals surface area contributed by atoms with E-state index in [1.165, 1.54) is 12.1 Å². The molecule has 0 spiro atoms. The highest BCUT2D eigenvalue weighted by Gasteiger charge is 2.21. The molecule has 1 atom stereocenters. The van der Waals surface area contributed by atoms with Gasteiger partial charge in [-0.3, -0.25) is 9.80 Å². The number of β-amino-alcohol motifs (C(OH)–C–C–N with tert-alkyl or cyclic N) is 1. The van der Waals surface area contributed by atoms with Gasteiger partial charge in [-0.2, -0.15) is 4.98 Å². The van der Waals surface area contributed by atoms with Crippen molar-refractivity contribution in [2.45, 2.75) is 19.6 Å². The molecular weight excluding hydrogens is 457 g/mol. The molecule has 0 radical (unpaired) electrons. The molecule has 4 aromatic rings. The average molecular weight is 484 g/mol. The molecular formula is C24H26FN5O3S. The number of piperazine rings is 1. The lowest BCUT2D eigenvalue weighted by atomic mass is 10.2. The van der Waals surface area contributed by atoms with Crippen LogP contribution in [0.5, 0.6) is 5.75 Å². The van der Waals surface area contributed by atoms with Crippen LogP contribution in [0.4, 0.5) is 4.39 Å². The van der Waals surface area contributed by atoms with Crippen molar-refractivity contribution in [3.63, 3.8) is 0 Å². The van der Waals surface area contributed by atoms with Crippen LogP contribution in [0.1, 0.15) is 10.8 Å². The SMILES string of the molecule is Cc1nc2ccc(OC[C@@H](O)CN3CCN(Cc4noc(-c5ccc(F)cc5)n4)CC3)cc2s1. The highest BCUT2D eigenvalue weighted by atomic mass is 32.1. The van der Waals surface area contributed by atoms with Gasteiger partial charge in [-0.15, -0.1) is 11.3 Å². The van der Waals surface area contributed by atoms with Crippen molar-refractivity contribution in [3.8, 4) is 17.2 Å². The summed E-state index contributed by atoms with van der Waals surface area (Å²) >= 11 is 1.64. The summed E-state index contributed by atoms with van der Waals surface area (Å²) in [4.78, 5) is 13.4. The molecule has 0 aliphatic carbocycles. The Morgan fingerprint density at radius 1 is 1.09 bits per heavy atom. The number of hydrogen-bond donors (Lipinski definition) is 1. The number of halogens is 1. The van der Waals surface area contributed by atoms with Gasteiger partial charge in [0.15, 0.2) is 5.82 Å². The fourth-order valence-corrected chi connectivity index (χ4v) is 4.87. The van der Waals surface area contributed by atoms with Crippen LogP contribution in [-0.4, -0.2) is 75.5 Å². The minimum absolute atomic E-state index is 0.249. The van der Waals surface area contributed by atoms with Gasteiger partial charge in [0.2, 0.25) is 0 Å².